The molecule has 2 unspecified atom stereocenters. The molecular weight excluding hydrogens is 326 g/mol. The number of nitrogens with zero attached hydrogens (tertiary/aromatic N) is 3. The molecule has 0 saturated carbocycles. The third kappa shape index (κ3) is 3.94. The summed E-state index contributed by atoms with van der Waals surface area (Å²) in [5.74, 6) is 0.837. The molecule has 0 bridgehead atoms. The van der Waals surface area contributed by atoms with Crippen molar-refractivity contribution in [3.8, 4) is 0 Å². The minimum Gasteiger partial charge on any atom is -0.309 e. The summed E-state index contributed by atoms with van der Waals surface area (Å²) in [4.78, 5) is 18.8. The predicted molar refractivity (Wildman–Crippen MR) is 94.2 cm³/mol. The first-order valence-corrected chi connectivity index (χ1v) is 8.59. The van der Waals surface area contributed by atoms with E-state index in [0.29, 0.717) is 16.8 Å². The molecule has 3 heterocycles. The minimum absolute atomic E-state index is 0.0521. The lowest BCUT2D eigenvalue weighted by Gasteiger charge is -2.35. The number of likely N-dealkylation sites (tertiary alicyclic amines) is 1. The van der Waals surface area contributed by atoms with Crippen molar-refractivity contribution < 1.29 is 4.79 Å². The average molecular weight is 348 g/mol. The summed E-state index contributed by atoms with van der Waals surface area (Å²) in [6.45, 7) is 5.70. The van der Waals surface area contributed by atoms with Gasteiger partial charge in [0.1, 0.15) is 5.82 Å². The van der Waals surface area contributed by atoms with Gasteiger partial charge >= 0.3 is 0 Å². The highest BCUT2D eigenvalue weighted by molar-refractivity contribution is 6.30. The molecule has 2 aromatic rings. The predicted octanol–water partition coefficient (Wildman–Crippen LogP) is 2.97. The highest BCUT2D eigenvalue weighted by Crippen LogP contribution is 2.27. The molecule has 0 aliphatic carbocycles. The monoisotopic (exact) mass is 347 g/mol. The number of pyridine rings is 1. The van der Waals surface area contributed by atoms with E-state index >= 15 is 0 Å². The first-order chi connectivity index (χ1) is 11.5. The highest BCUT2D eigenvalue weighted by atomic mass is 35.5. The summed E-state index contributed by atoms with van der Waals surface area (Å²) in [5, 5.41) is 10.8. The molecular formula is C17H22ClN5O. The number of anilines is 1. The van der Waals surface area contributed by atoms with Crippen LogP contribution < -0.4 is 5.32 Å². The van der Waals surface area contributed by atoms with Gasteiger partial charge in [-0.25, -0.2) is 4.98 Å². The maximum Gasteiger partial charge on any atom is 0.242 e. The van der Waals surface area contributed by atoms with E-state index in [-0.39, 0.29) is 11.9 Å². The standard InChI is InChI=1S/C17H22ClN5O/c1-11-8-15(22-21-11)13-4-3-7-23(10-13)12(2)17(24)20-16-6-5-14(18)9-19-16/h5-6,8-9,12-13H,3-4,7,10H2,1-2H3,(H,21,22)(H,19,20,24). The van der Waals surface area contributed by atoms with Crippen LogP contribution in [-0.2, 0) is 4.79 Å². The van der Waals surface area contributed by atoms with Crippen LogP contribution in [-0.4, -0.2) is 45.1 Å². The molecule has 6 nitrogen and oxygen atoms in total. The van der Waals surface area contributed by atoms with E-state index in [1.54, 1.807) is 12.1 Å². The van der Waals surface area contributed by atoms with Crippen molar-refractivity contribution in [1.82, 2.24) is 20.1 Å². The molecule has 0 aromatic carbocycles. The van der Waals surface area contributed by atoms with Crippen LogP contribution in [0.15, 0.2) is 24.4 Å². The Bertz CT molecular complexity index is 699. The fraction of sp³-hybridized carbons (Fsp3) is 0.471. The number of hydrogen-bond donors (Lipinski definition) is 2. The van der Waals surface area contributed by atoms with Gasteiger partial charge in [0, 0.05) is 24.4 Å². The zero-order chi connectivity index (χ0) is 17.1. The normalized spacial score (nSPS) is 19.9. The molecule has 2 N–H and O–H groups in total. The van der Waals surface area contributed by atoms with E-state index in [2.05, 4.69) is 31.5 Å². The summed E-state index contributed by atoms with van der Waals surface area (Å²) >= 11 is 5.82. The van der Waals surface area contributed by atoms with Gasteiger partial charge in [-0.2, -0.15) is 5.10 Å². The Balaban J connectivity index is 1.62. The van der Waals surface area contributed by atoms with Crippen molar-refractivity contribution >= 4 is 23.3 Å². The van der Waals surface area contributed by atoms with Crippen molar-refractivity contribution in [1.29, 1.82) is 0 Å². The fourth-order valence-corrected chi connectivity index (χ4v) is 3.21. The molecule has 128 valence electrons. The van der Waals surface area contributed by atoms with Crippen LogP contribution in [0.3, 0.4) is 0 Å². The average Bonchev–Trinajstić information content (AvgIpc) is 3.03. The number of aromatic nitrogens is 3. The van der Waals surface area contributed by atoms with Crippen molar-refractivity contribution in [2.24, 2.45) is 0 Å². The fourth-order valence-electron chi connectivity index (χ4n) is 3.09. The number of aryl methyl sites for hydroxylation is 1. The van der Waals surface area contributed by atoms with Crippen LogP contribution in [0.1, 0.15) is 37.1 Å². The zero-order valence-electron chi connectivity index (χ0n) is 13.9. The van der Waals surface area contributed by atoms with Gasteiger partial charge in [-0.05, 0) is 51.4 Å². The largest absolute Gasteiger partial charge is 0.309 e. The van der Waals surface area contributed by atoms with Crippen LogP contribution in [0, 0.1) is 6.92 Å². The second kappa shape index (κ2) is 7.32. The molecule has 1 aliphatic rings. The number of aromatic amines is 1. The van der Waals surface area contributed by atoms with Crippen LogP contribution in [0.5, 0.6) is 0 Å². The zero-order valence-corrected chi connectivity index (χ0v) is 14.7. The number of hydrogen-bond acceptors (Lipinski definition) is 4. The third-order valence-corrected chi connectivity index (χ3v) is 4.73. The Labute approximate surface area is 146 Å². The van der Waals surface area contributed by atoms with E-state index in [4.69, 9.17) is 11.6 Å². The van der Waals surface area contributed by atoms with Gasteiger partial charge in [-0.3, -0.25) is 14.8 Å². The first kappa shape index (κ1) is 16.9. The van der Waals surface area contributed by atoms with E-state index in [1.807, 2.05) is 13.8 Å². The van der Waals surface area contributed by atoms with Crippen LogP contribution >= 0.6 is 11.6 Å². The molecule has 1 fully saturated rings. The lowest BCUT2D eigenvalue weighted by Crippen LogP contribution is -2.46. The number of nitrogens with one attached hydrogen (secondary N) is 2. The molecule has 1 amide bonds. The van der Waals surface area contributed by atoms with E-state index in [9.17, 15) is 4.79 Å². The quantitative estimate of drug-likeness (QED) is 0.891. The summed E-state index contributed by atoms with van der Waals surface area (Å²) in [7, 11) is 0. The molecule has 0 radical (unpaired) electrons. The Morgan fingerprint density at radius 3 is 3.00 bits per heavy atom. The molecule has 0 spiro atoms. The molecule has 1 saturated heterocycles. The number of carbonyl (C=O) groups excluding carboxylic acids is 1. The summed E-state index contributed by atoms with van der Waals surface area (Å²) in [6, 6.07) is 5.30. The SMILES string of the molecule is Cc1cc(C2CCCN(C(C)C(=O)Nc3ccc(Cl)cn3)C2)n[nH]1. The van der Waals surface area contributed by atoms with Crippen LogP contribution in [0.25, 0.3) is 0 Å². The lowest BCUT2D eigenvalue weighted by atomic mass is 9.93. The molecule has 3 rings (SSSR count). The van der Waals surface area contributed by atoms with Gasteiger partial charge in [-0.1, -0.05) is 11.6 Å². The van der Waals surface area contributed by atoms with Gasteiger partial charge in [0.25, 0.3) is 0 Å². The Morgan fingerprint density at radius 2 is 2.33 bits per heavy atom. The number of amides is 1. The number of H-pyrrole nitrogens is 1. The van der Waals surface area contributed by atoms with Crippen LogP contribution in [0.2, 0.25) is 5.02 Å². The molecule has 2 aromatic heterocycles. The smallest absolute Gasteiger partial charge is 0.242 e. The van der Waals surface area contributed by atoms with Crippen LogP contribution in [0.4, 0.5) is 5.82 Å². The third-order valence-electron chi connectivity index (χ3n) is 4.50. The second-order valence-electron chi connectivity index (χ2n) is 6.34. The van der Waals surface area contributed by atoms with E-state index in [0.717, 1.165) is 37.3 Å². The van der Waals surface area contributed by atoms with Crippen molar-refractivity contribution in [2.75, 3.05) is 18.4 Å². The summed E-state index contributed by atoms with van der Waals surface area (Å²) in [6.07, 6.45) is 3.69. The maximum atomic E-state index is 12.5. The molecule has 7 heteroatoms. The topological polar surface area (TPSA) is 73.9 Å². The lowest BCUT2D eigenvalue weighted by molar-refractivity contribution is -0.121. The van der Waals surface area contributed by atoms with Gasteiger partial charge in [-0.15, -0.1) is 0 Å². The van der Waals surface area contributed by atoms with Crippen molar-refractivity contribution in [3.63, 3.8) is 0 Å². The highest BCUT2D eigenvalue weighted by Gasteiger charge is 2.29. The maximum absolute atomic E-state index is 12.5. The van der Waals surface area contributed by atoms with Crippen molar-refractivity contribution in [3.05, 3.63) is 40.8 Å². The minimum atomic E-state index is -0.217. The molecule has 24 heavy (non-hydrogen) atoms. The number of carbonyl (C=O) groups is 1. The molecule has 1 aliphatic heterocycles. The van der Waals surface area contributed by atoms with E-state index in [1.165, 1.54) is 6.20 Å². The Kier molecular flexibility index (Phi) is 5.16. The van der Waals surface area contributed by atoms with Gasteiger partial charge in [0.2, 0.25) is 5.91 Å². The van der Waals surface area contributed by atoms with Crippen molar-refractivity contribution in [2.45, 2.75) is 38.6 Å². The first-order valence-electron chi connectivity index (χ1n) is 8.21. The number of rotatable bonds is 4. The van der Waals surface area contributed by atoms with Gasteiger partial charge in [0.15, 0.2) is 0 Å². The molecule has 2 atom stereocenters. The summed E-state index contributed by atoms with van der Waals surface area (Å²) in [5.41, 5.74) is 2.16. The summed E-state index contributed by atoms with van der Waals surface area (Å²) < 4.78 is 0. The second-order valence-corrected chi connectivity index (χ2v) is 6.77. The van der Waals surface area contributed by atoms with Gasteiger partial charge < -0.3 is 5.32 Å². The van der Waals surface area contributed by atoms with Gasteiger partial charge in [0.05, 0.1) is 16.8 Å². The number of piperidine rings is 1. The van der Waals surface area contributed by atoms with E-state index < -0.39 is 0 Å². The Morgan fingerprint density at radius 1 is 1.50 bits per heavy atom. The Hall–Kier alpha value is -1.92. The number of halogens is 1.